The van der Waals surface area contributed by atoms with Crippen LogP contribution in [0.15, 0.2) is 78.4 Å². The van der Waals surface area contributed by atoms with Crippen LogP contribution in [0.25, 0.3) is 5.76 Å². The normalized spacial score (nSPS) is 16.7. The molecular weight excluding hydrogens is 462 g/mol. The molecule has 1 atom stereocenters. The van der Waals surface area contributed by atoms with E-state index in [2.05, 4.69) is 0 Å². The van der Waals surface area contributed by atoms with Gasteiger partial charge in [-0.2, -0.15) is 0 Å². The highest BCUT2D eigenvalue weighted by Crippen LogP contribution is 2.43. The molecular formula is C28H25NO7. The number of Topliss-reactive ketones (excluding diaryl/α,β-unsaturated/α-hetero) is 1. The number of aliphatic hydroxyl groups is 1. The van der Waals surface area contributed by atoms with Gasteiger partial charge in [0.05, 0.1) is 31.8 Å². The van der Waals surface area contributed by atoms with E-state index in [-0.39, 0.29) is 17.8 Å². The van der Waals surface area contributed by atoms with Crippen molar-refractivity contribution in [3.63, 3.8) is 0 Å². The standard InChI is InChI=1S/C28H25NO7/c1-3-36-21-13-9-18(10-14-21)26(32)24-25(19-5-4-6-22(16-19)35-2)29(28(34)27(24)33)20-11-7-17(8-12-20)15-23(30)31/h4-14,16,25,32H,3,15H2,1-2H3,(H,30,31)/b26-24-. The molecule has 1 heterocycles. The van der Waals surface area contributed by atoms with Gasteiger partial charge in [0.15, 0.2) is 0 Å². The molecule has 1 unspecified atom stereocenters. The minimum Gasteiger partial charge on any atom is -0.507 e. The lowest BCUT2D eigenvalue weighted by Crippen LogP contribution is -2.29. The van der Waals surface area contributed by atoms with Crippen LogP contribution in [0.2, 0.25) is 0 Å². The molecule has 3 aromatic carbocycles. The fourth-order valence-electron chi connectivity index (χ4n) is 4.21. The number of methoxy groups -OCH3 is 1. The first kappa shape index (κ1) is 24.5. The average molecular weight is 488 g/mol. The predicted octanol–water partition coefficient (Wildman–Crippen LogP) is 4.35. The van der Waals surface area contributed by atoms with Crippen molar-refractivity contribution in [3.05, 3.63) is 95.1 Å². The number of amides is 1. The summed E-state index contributed by atoms with van der Waals surface area (Å²) in [6.07, 6.45) is -0.170. The van der Waals surface area contributed by atoms with Crippen LogP contribution < -0.4 is 14.4 Å². The average Bonchev–Trinajstić information content (AvgIpc) is 3.15. The maximum absolute atomic E-state index is 13.3. The van der Waals surface area contributed by atoms with Crippen LogP contribution in [0.3, 0.4) is 0 Å². The maximum atomic E-state index is 13.3. The Kier molecular flexibility index (Phi) is 7.05. The number of ether oxygens (including phenoxy) is 2. The third-order valence-electron chi connectivity index (χ3n) is 5.86. The lowest BCUT2D eigenvalue weighted by Gasteiger charge is -2.26. The molecule has 4 rings (SSSR count). The Hall–Kier alpha value is -4.59. The maximum Gasteiger partial charge on any atom is 0.307 e. The van der Waals surface area contributed by atoms with E-state index in [1.165, 1.54) is 12.0 Å². The zero-order chi connectivity index (χ0) is 25.8. The minimum absolute atomic E-state index is 0.0629. The van der Waals surface area contributed by atoms with Crippen molar-refractivity contribution in [3.8, 4) is 11.5 Å². The summed E-state index contributed by atoms with van der Waals surface area (Å²) in [5.74, 6) is -1.79. The summed E-state index contributed by atoms with van der Waals surface area (Å²) < 4.78 is 10.8. The summed E-state index contributed by atoms with van der Waals surface area (Å²) in [6, 6.07) is 19.0. The van der Waals surface area contributed by atoms with E-state index in [9.17, 15) is 19.5 Å². The Balaban J connectivity index is 1.85. The molecule has 1 saturated heterocycles. The molecule has 1 aliphatic rings. The molecule has 0 bridgehead atoms. The van der Waals surface area contributed by atoms with Crippen LogP contribution in [0.4, 0.5) is 5.69 Å². The largest absolute Gasteiger partial charge is 0.507 e. The van der Waals surface area contributed by atoms with E-state index in [1.807, 2.05) is 6.92 Å². The molecule has 184 valence electrons. The number of anilines is 1. The molecule has 1 aliphatic heterocycles. The second-order valence-electron chi connectivity index (χ2n) is 8.14. The van der Waals surface area contributed by atoms with Crippen LogP contribution in [0.5, 0.6) is 11.5 Å². The Morgan fingerprint density at radius 1 is 0.944 bits per heavy atom. The summed E-state index contributed by atoms with van der Waals surface area (Å²) in [4.78, 5) is 38.9. The fourth-order valence-corrected chi connectivity index (χ4v) is 4.21. The zero-order valence-electron chi connectivity index (χ0n) is 19.8. The van der Waals surface area contributed by atoms with Crippen LogP contribution in [-0.4, -0.2) is 41.6 Å². The van der Waals surface area contributed by atoms with Crippen molar-refractivity contribution in [2.24, 2.45) is 0 Å². The first-order valence-corrected chi connectivity index (χ1v) is 11.3. The molecule has 0 saturated carbocycles. The summed E-state index contributed by atoms with van der Waals surface area (Å²) in [5, 5.41) is 20.3. The summed E-state index contributed by atoms with van der Waals surface area (Å²) in [7, 11) is 1.51. The number of carboxylic acids is 1. The lowest BCUT2D eigenvalue weighted by molar-refractivity contribution is -0.136. The van der Waals surface area contributed by atoms with E-state index in [1.54, 1.807) is 72.8 Å². The highest BCUT2D eigenvalue weighted by atomic mass is 16.5. The fraction of sp³-hybridized carbons (Fsp3) is 0.179. The number of aliphatic carboxylic acids is 1. The predicted molar refractivity (Wildman–Crippen MR) is 133 cm³/mol. The number of carbonyl (C=O) groups excluding carboxylic acids is 2. The third kappa shape index (κ3) is 4.79. The van der Waals surface area contributed by atoms with Crippen molar-refractivity contribution in [2.75, 3.05) is 18.6 Å². The molecule has 3 aromatic rings. The lowest BCUT2D eigenvalue weighted by atomic mass is 9.95. The number of hydrogen-bond donors (Lipinski definition) is 2. The summed E-state index contributed by atoms with van der Waals surface area (Å²) >= 11 is 0. The topological polar surface area (TPSA) is 113 Å². The first-order valence-electron chi connectivity index (χ1n) is 11.3. The third-order valence-corrected chi connectivity index (χ3v) is 5.86. The highest BCUT2D eigenvalue weighted by molar-refractivity contribution is 6.51. The molecule has 8 heteroatoms. The molecule has 1 fully saturated rings. The number of hydrogen-bond acceptors (Lipinski definition) is 6. The van der Waals surface area contributed by atoms with Crippen LogP contribution in [0, 0.1) is 0 Å². The summed E-state index contributed by atoms with van der Waals surface area (Å²) in [5.41, 5.74) is 1.81. The van der Waals surface area contributed by atoms with Crippen LogP contribution in [0.1, 0.15) is 29.7 Å². The van der Waals surface area contributed by atoms with Crippen LogP contribution >= 0.6 is 0 Å². The van der Waals surface area contributed by atoms with Gasteiger partial charge in [-0.05, 0) is 66.6 Å². The molecule has 0 spiro atoms. The van der Waals surface area contributed by atoms with E-state index < -0.39 is 23.7 Å². The van der Waals surface area contributed by atoms with Crippen molar-refractivity contribution in [2.45, 2.75) is 19.4 Å². The van der Waals surface area contributed by atoms with E-state index in [0.717, 1.165) is 0 Å². The molecule has 1 amide bonds. The van der Waals surface area contributed by atoms with Gasteiger partial charge < -0.3 is 19.7 Å². The highest BCUT2D eigenvalue weighted by Gasteiger charge is 2.47. The molecule has 36 heavy (non-hydrogen) atoms. The van der Waals surface area contributed by atoms with E-state index in [0.29, 0.717) is 40.5 Å². The zero-order valence-corrected chi connectivity index (χ0v) is 19.8. The van der Waals surface area contributed by atoms with E-state index in [4.69, 9.17) is 14.6 Å². The molecule has 2 N–H and O–H groups in total. The summed E-state index contributed by atoms with van der Waals surface area (Å²) in [6.45, 7) is 2.34. The molecule has 0 radical (unpaired) electrons. The van der Waals surface area contributed by atoms with Crippen LogP contribution in [-0.2, 0) is 20.8 Å². The number of carbonyl (C=O) groups is 3. The monoisotopic (exact) mass is 487 g/mol. The SMILES string of the molecule is CCOc1ccc(/C(O)=C2/C(=O)C(=O)N(c3ccc(CC(=O)O)cc3)C2c2cccc(OC)c2)cc1. The Bertz CT molecular complexity index is 1330. The van der Waals surface area contributed by atoms with E-state index >= 15 is 0 Å². The molecule has 0 aliphatic carbocycles. The second-order valence-corrected chi connectivity index (χ2v) is 8.14. The van der Waals surface area contributed by atoms with Gasteiger partial charge in [0.2, 0.25) is 0 Å². The minimum atomic E-state index is -0.977. The smallest absolute Gasteiger partial charge is 0.307 e. The Morgan fingerprint density at radius 2 is 1.64 bits per heavy atom. The van der Waals surface area contributed by atoms with Crippen molar-refractivity contribution >= 4 is 29.1 Å². The van der Waals surface area contributed by atoms with Gasteiger partial charge in [0.1, 0.15) is 17.3 Å². The number of nitrogens with zero attached hydrogens (tertiary/aromatic N) is 1. The number of rotatable bonds is 8. The second kappa shape index (κ2) is 10.4. The number of benzene rings is 3. The van der Waals surface area contributed by atoms with Crippen molar-refractivity contribution in [1.29, 1.82) is 0 Å². The number of aliphatic hydroxyl groups excluding tert-OH is 1. The quantitative estimate of drug-likeness (QED) is 0.276. The Labute approximate surface area is 208 Å². The van der Waals surface area contributed by atoms with Gasteiger partial charge in [-0.25, -0.2) is 0 Å². The molecule has 8 nitrogen and oxygen atoms in total. The first-order chi connectivity index (χ1) is 17.3. The van der Waals surface area contributed by atoms with Gasteiger partial charge in [-0.15, -0.1) is 0 Å². The Morgan fingerprint density at radius 3 is 2.25 bits per heavy atom. The number of carboxylic acid groups (broad SMARTS) is 1. The van der Waals surface area contributed by atoms with Gasteiger partial charge >= 0.3 is 5.97 Å². The van der Waals surface area contributed by atoms with Crippen molar-refractivity contribution in [1.82, 2.24) is 0 Å². The van der Waals surface area contributed by atoms with Gasteiger partial charge in [0, 0.05) is 11.3 Å². The molecule has 0 aromatic heterocycles. The van der Waals surface area contributed by atoms with Gasteiger partial charge in [-0.1, -0.05) is 24.3 Å². The van der Waals surface area contributed by atoms with Gasteiger partial charge in [0.25, 0.3) is 11.7 Å². The number of ketones is 1. The van der Waals surface area contributed by atoms with Gasteiger partial charge in [-0.3, -0.25) is 19.3 Å². The van der Waals surface area contributed by atoms with Crippen molar-refractivity contribution < 1.29 is 34.1 Å².